The summed E-state index contributed by atoms with van der Waals surface area (Å²) in [6.07, 6.45) is 3.64. The number of likely N-dealkylation sites (N-methyl/N-ethyl adjacent to an activating group) is 1. The Balaban J connectivity index is 1.81. The fraction of sp³-hybridized carbons (Fsp3) is 0.917. The first-order valence-electron chi connectivity index (χ1n) is 6.41. The third-order valence-corrected chi connectivity index (χ3v) is 3.74. The van der Waals surface area contributed by atoms with Gasteiger partial charge in [0.05, 0.1) is 12.1 Å². The molecule has 0 spiro atoms. The molecule has 1 saturated heterocycles. The number of hydrogen-bond acceptors (Lipinski definition) is 3. The van der Waals surface area contributed by atoms with Crippen molar-refractivity contribution in [3.8, 4) is 0 Å². The highest BCUT2D eigenvalue weighted by Crippen LogP contribution is 2.27. The van der Waals surface area contributed by atoms with Gasteiger partial charge in [0, 0.05) is 13.1 Å². The van der Waals surface area contributed by atoms with E-state index in [2.05, 4.69) is 5.32 Å². The minimum Gasteiger partial charge on any atom is -0.393 e. The second-order valence-electron chi connectivity index (χ2n) is 5.02. The maximum Gasteiger partial charge on any atom is 0.239 e. The number of aliphatic hydroxyl groups is 1. The van der Waals surface area contributed by atoms with Gasteiger partial charge < -0.3 is 15.3 Å². The van der Waals surface area contributed by atoms with Crippen molar-refractivity contribution in [2.24, 2.45) is 5.92 Å². The molecule has 2 fully saturated rings. The van der Waals surface area contributed by atoms with Gasteiger partial charge in [-0.25, -0.2) is 0 Å². The molecule has 2 N–H and O–H groups in total. The number of nitrogens with one attached hydrogen (secondary N) is 1. The van der Waals surface area contributed by atoms with E-state index < -0.39 is 0 Å². The van der Waals surface area contributed by atoms with E-state index in [1.165, 1.54) is 0 Å². The predicted octanol–water partition coefficient (Wildman–Crippen LogP) is 0.358. The van der Waals surface area contributed by atoms with Gasteiger partial charge in [0.25, 0.3) is 0 Å². The highest BCUT2D eigenvalue weighted by atomic mass is 16.3. The topological polar surface area (TPSA) is 52.6 Å². The zero-order valence-corrected chi connectivity index (χ0v) is 9.98. The smallest absolute Gasteiger partial charge is 0.239 e. The van der Waals surface area contributed by atoms with Gasteiger partial charge in [-0.05, 0) is 38.1 Å². The third-order valence-electron chi connectivity index (χ3n) is 3.74. The molecule has 1 aliphatic carbocycles. The van der Waals surface area contributed by atoms with Crippen LogP contribution in [0, 0.1) is 5.92 Å². The summed E-state index contributed by atoms with van der Waals surface area (Å²) in [6, 6.07) is 0.0383. The molecule has 0 bridgehead atoms. The number of nitrogens with zero attached hydrogens (tertiary/aromatic N) is 1. The van der Waals surface area contributed by atoms with Crippen molar-refractivity contribution in [2.75, 3.05) is 19.6 Å². The van der Waals surface area contributed by atoms with Gasteiger partial charge in [0.2, 0.25) is 5.91 Å². The monoisotopic (exact) mass is 226 g/mol. The molecule has 0 aromatic rings. The zero-order valence-electron chi connectivity index (χ0n) is 9.98. The Morgan fingerprint density at radius 2 is 2.25 bits per heavy atom. The standard InChI is InChI=1S/C12H22N2O2/c1-2-13-11-5-6-14(12(11)16)8-9-3-4-10(15)7-9/h9-11,13,15H,2-8H2,1H3. The number of amides is 1. The van der Waals surface area contributed by atoms with Crippen molar-refractivity contribution in [3.05, 3.63) is 0 Å². The summed E-state index contributed by atoms with van der Waals surface area (Å²) in [5.41, 5.74) is 0. The first-order valence-corrected chi connectivity index (χ1v) is 6.41. The van der Waals surface area contributed by atoms with Crippen molar-refractivity contribution in [1.29, 1.82) is 0 Å². The van der Waals surface area contributed by atoms with Crippen LogP contribution in [0.2, 0.25) is 0 Å². The van der Waals surface area contributed by atoms with Crippen LogP contribution in [0.5, 0.6) is 0 Å². The Morgan fingerprint density at radius 3 is 2.88 bits per heavy atom. The van der Waals surface area contributed by atoms with Crippen LogP contribution in [-0.4, -0.2) is 47.7 Å². The number of hydrogen-bond donors (Lipinski definition) is 2. The number of carbonyl (C=O) groups is 1. The molecule has 4 nitrogen and oxygen atoms in total. The summed E-state index contributed by atoms with van der Waals surface area (Å²) >= 11 is 0. The van der Waals surface area contributed by atoms with E-state index >= 15 is 0 Å². The maximum absolute atomic E-state index is 12.0. The molecule has 1 amide bonds. The molecule has 3 unspecified atom stereocenters. The molecule has 1 heterocycles. The van der Waals surface area contributed by atoms with Gasteiger partial charge in [0.15, 0.2) is 0 Å². The van der Waals surface area contributed by atoms with Crippen LogP contribution in [0.25, 0.3) is 0 Å². The molecule has 2 rings (SSSR count). The Morgan fingerprint density at radius 1 is 1.44 bits per heavy atom. The number of likely N-dealkylation sites (tertiary alicyclic amines) is 1. The average Bonchev–Trinajstić information content (AvgIpc) is 2.80. The first kappa shape index (κ1) is 11.9. The predicted molar refractivity (Wildman–Crippen MR) is 62.0 cm³/mol. The van der Waals surface area contributed by atoms with Crippen LogP contribution in [0.1, 0.15) is 32.6 Å². The number of aliphatic hydroxyl groups excluding tert-OH is 1. The van der Waals surface area contributed by atoms with E-state index in [1.54, 1.807) is 0 Å². The van der Waals surface area contributed by atoms with E-state index in [0.29, 0.717) is 5.92 Å². The van der Waals surface area contributed by atoms with Gasteiger partial charge in [-0.1, -0.05) is 6.92 Å². The van der Waals surface area contributed by atoms with E-state index in [1.807, 2.05) is 11.8 Å². The summed E-state index contributed by atoms with van der Waals surface area (Å²) in [5.74, 6) is 0.766. The van der Waals surface area contributed by atoms with Gasteiger partial charge in [-0.15, -0.1) is 0 Å². The van der Waals surface area contributed by atoms with E-state index in [-0.39, 0.29) is 18.1 Å². The Hall–Kier alpha value is -0.610. The minimum absolute atomic E-state index is 0.0383. The highest BCUT2D eigenvalue weighted by molar-refractivity contribution is 5.83. The summed E-state index contributed by atoms with van der Waals surface area (Å²) in [5, 5.41) is 12.7. The molecule has 0 aromatic heterocycles. The molecule has 3 atom stereocenters. The van der Waals surface area contributed by atoms with Crippen LogP contribution in [0.15, 0.2) is 0 Å². The minimum atomic E-state index is -0.132. The quantitative estimate of drug-likeness (QED) is 0.727. The third kappa shape index (κ3) is 2.55. The van der Waals surface area contributed by atoms with Crippen molar-refractivity contribution < 1.29 is 9.90 Å². The molecule has 16 heavy (non-hydrogen) atoms. The van der Waals surface area contributed by atoms with Gasteiger partial charge in [-0.3, -0.25) is 4.79 Å². The van der Waals surface area contributed by atoms with Crippen LogP contribution in [0.3, 0.4) is 0 Å². The van der Waals surface area contributed by atoms with Gasteiger partial charge >= 0.3 is 0 Å². The molecule has 0 aromatic carbocycles. The molecule has 0 radical (unpaired) electrons. The van der Waals surface area contributed by atoms with Gasteiger partial charge in [0.1, 0.15) is 0 Å². The molecule has 1 aliphatic heterocycles. The molecular weight excluding hydrogens is 204 g/mol. The number of rotatable bonds is 4. The molecule has 1 saturated carbocycles. The second kappa shape index (κ2) is 5.15. The molecule has 2 aliphatic rings. The molecule has 92 valence electrons. The lowest BCUT2D eigenvalue weighted by molar-refractivity contribution is -0.129. The van der Waals surface area contributed by atoms with E-state index in [4.69, 9.17) is 0 Å². The lowest BCUT2D eigenvalue weighted by Crippen LogP contribution is -2.39. The second-order valence-corrected chi connectivity index (χ2v) is 5.02. The fourth-order valence-electron chi connectivity index (χ4n) is 2.88. The Bertz CT molecular complexity index is 257. The van der Waals surface area contributed by atoms with Crippen LogP contribution < -0.4 is 5.32 Å². The summed E-state index contributed by atoms with van der Waals surface area (Å²) < 4.78 is 0. The summed E-state index contributed by atoms with van der Waals surface area (Å²) in [6.45, 7) is 4.61. The fourth-order valence-corrected chi connectivity index (χ4v) is 2.88. The molecular formula is C12H22N2O2. The maximum atomic E-state index is 12.0. The van der Waals surface area contributed by atoms with Crippen LogP contribution >= 0.6 is 0 Å². The van der Waals surface area contributed by atoms with Crippen LogP contribution in [0.4, 0.5) is 0 Å². The van der Waals surface area contributed by atoms with Crippen molar-refractivity contribution in [3.63, 3.8) is 0 Å². The summed E-state index contributed by atoms with van der Waals surface area (Å²) in [7, 11) is 0. The number of carbonyl (C=O) groups excluding carboxylic acids is 1. The highest BCUT2D eigenvalue weighted by Gasteiger charge is 2.33. The van der Waals surface area contributed by atoms with E-state index in [9.17, 15) is 9.90 Å². The SMILES string of the molecule is CCNC1CCN(CC2CCC(O)C2)C1=O. The summed E-state index contributed by atoms with van der Waals surface area (Å²) in [4.78, 5) is 13.9. The van der Waals surface area contributed by atoms with Gasteiger partial charge in [-0.2, -0.15) is 0 Å². The largest absolute Gasteiger partial charge is 0.393 e. The normalized spacial score (nSPS) is 35.0. The Kier molecular flexibility index (Phi) is 3.82. The lowest BCUT2D eigenvalue weighted by Gasteiger charge is -2.20. The lowest BCUT2D eigenvalue weighted by atomic mass is 10.1. The van der Waals surface area contributed by atoms with E-state index in [0.717, 1.165) is 45.3 Å². The van der Waals surface area contributed by atoms with Crippen molar-refractivity contribution >= 4 is 5.91 Å². The average molecular weight is 226 g/mol. The Labute approximate surface area is 97.0 Å². The van der Waals surface area contributed by atoms with Crippen molar-refractivity contribution in [1.82, 2.24) is 10.2 Å². The first-order chi connectivity index (χ1) is 7.70. The van der Waals surface area contributed by atoms with Crippen molar-refractivity contribution in [2.45, 2.75) is 44.8 Å². The van der Waals surface area contributed by atoms with Crippen LogP contribution in [-0.2, 0) is 4.79 Å². The molecule has 4 heteroatoms. The zero-order chi connectivity index (χ0) is 11.5.